The van der Waals surface area contributed by atoms with E-state index in [2.05, 4.69) is 21.7 Å². The van der Waals surface area contributed by atoms with Gasteiger partial charge in [0.25, 0.3) is 0 Å². The molecule has 0 radical (unpaired) electrons. The summed E-state index contributed by atoms with van der Waals surface area (Å²) in [5.74, 6) is -1.31. The molecule has 0 aromatic heterocycles. The molecule has 0 amide bonds. The predicted molar refractivity (Wildman–Crippen MR) is 68.6 cm³/mol. The molecule has 1 aliphatic rings. The molecule has 0 saturated carbocycles. The monoisotopic (exact) mass is 278 g/mol. The Labute approximate surface area is 109 Å². The number of esters is 1. The van der Waals surface area contributed by atoms with Gasteiger partial charge < -0.3 is 10.1 Å². The molecule has 0 aromatic carbocycles. The van der Waals surface area contributed by atoms with Gasteiger partial charge in [0.05, 0.1) is 6.61 Å². The molecular formula is C11H22N2O4S. The molecule has 18 heavy (non-hydrogen) atoms. The zero-order valence-electron chi connectivity index (χ0n) is 11.0. The Hall–Kier alpha value is -0.660. The lowest BCUT2D eigenvalue weighted by molar-refractivity contribution is -0.139. The van der Waals surface area contributed by atoms with Crippen LogP contribution < -0.4 is 10.0 Å². The van der Waals surface area contributed by atoms with Gasteiger partial charge in [-0.3, -0.25) is 4.79 Å². The van der Waals surface area contributed by atoms with E-state index in [1.165, 1.54) is 0 Å². The number of piperidine rings is 1. The Balaban J connectivity index is 2.43. The lowest BCUT2D eigenvalue weighted by Gasteiger charge is -2.33. The van der Waals surface area contributed by atoms with Gasteiger partial charge in [-0.25, -0.2) is 13.1 Å². The second-order valence-electron chi connectivity index (χ2n) is 4.95. The van der Waals surface area contributed by atoms with Gasteiger partial charge in [0, 0.05) is 6.54 Å². The van der Waals surface area contributed by atoms with Crippen molar-refractivity contribution in [2.45, 2.75) is 26.7 Å². The maximum absolute atomic E-state index is 11.7. The molecule has 7 heteroatoms. The summed E-state index contributed by atoms with van der Waals surface area (Å²) < 4.78 is 30.5. The highest BCUT2D eigenvalue weighted by Gasteiger charge is 2.29. The average molecular weight is 278 g/mol. The highest BCUT2D eigenvalue weighted by molar-refractivity contribution is 7.90. The lowest BCUT2D eigenvalue weighted by atomic mass is 9.81. The lowest BCUT2D eigenvalue weighted by Crippen LogP contribution is -2.44. The molecule has 1 heterocycles. The Morgan fingerprint density at radius 1 is 1.39 bits per heavy atom. The number of ether oxygens (including phenoxy) is 1. The van der Waals surface area contributed by atoms with Crippen molar-refractivity contribution in [3.8, 4) is 0 Å². The van der Waals surface area contributed by atoms with Gasteiger partial charge in [-0.05, 0) is 38.3 Å². The molecule has 0 unspecified atom stereocenters. The van der Waals surface area contributed by atoms with Crippen LogP contribution in [0, 0.1) is 5.41 Å². The smallest absolute Gasteiger partial charge is 0.322 e. The third-order valence-corrected chi connectivity index (χ3v) is 4.34. The summed E-state index contributed by atoms with van der Waals surface area (Å²) in [6.45, 7) is 6.06. The normalized spacial score (nSPS) is 19.4. The van der Waals surface area contributed by atoms with Crippen molar-refractivity contribution in [1.82, 2.24) is 10.0 Å². The number of rotatable bonds is 6. The van der Waals surface area contributed by atoms with Gasteiger partial charge >= 0.3 is 5.97 Å². The Bertz CT molecular complexity index is 375. The highest BCUT2D eigenvalue weighted by Crippen LogP contribution is 2.26. The van der Waals surface area contributed by atoms with Crippen molar-refractivity contribution in [3.63, 3.8) is 0 Å². The number of hydrogen-bond donors (Lipinski definition) is 2. The molecule has 1 rings (SSSR count). The quantitative estimate of drug-likeness (QED) is 0.661. The van der Waals surface area contributed by atoms with Gasteiger partial charge in [0.1, 0.15) is 0 Å². The molecule has 6 nitrogen and oxygen atoms in total. The molecule has 1 aliphatic heterocycles. The van der Waals surface area contributed by atoms with Crippen LogP contribution in [0.15, 0.2) is 0 Å². The minimum absolute atomic E-state index is 0.0347. The van der Waals surface area contributed by atoms with Crippen LogP contribution in [-0.2, 0) is 19.6 Å². The summed E-state index contributed by atoms with van der Waals surface area (Å²) in [5, 5.41) is 3.23. The predicted octanol–water partition coefficient (Wildman–Crippen LogP) is -0.141. The number of carbonyl (C=O) groups excluding carboxylic acids is 1. The summed E-state index contributed by atoms with van der Waals surface area (Å²) in [6.07, 6.45) is 1.85. The molecule has 0 spiro atoms. The molecule has 1 fully saturated rings. The van der Waals surface area contributed by atoms with Crippen LogP contribution in [0.4, 0.5) is 0 Å². The van der Waals surface area contributed by atoms with Crippen molar-refractivity contribution < 1.29 is 17.9 Å². The minimum atomic E-state index is -3.59. The molecule has 0 aromatic rings. The summed E-state index contributed by atoms with van der Waals surface area (Å²) in [4.78, 5) is 11.1. The van der Waals surface area contributed by atoms with Crippen LogP contribution in [0.1, 0.15) is 26.7 Å². The topological polar surface area (TPSA) is 84.5 Å². The zero-order chi connectivity index (χ0) is 13.6. The third kappa shape index (κ3) is 5.32. The second kappa shape index (κ2) is 6.49. The number of hydrogen-bond acceptors (Lipinski definition) is 5. The number of nitrogens with one attached hydrogen (secondary N) is 2. The fourth-order valence-corrected chi connectivity index (χ4v) is 2.96. The molecule has 0 bridgehead atoms. The van der Waals surface area contributed by atoms with E-state index in [1.807, 2.05) is 0 Å². The number of carbonyl (C=O) groups is 1. The van der Waals surface area contributed by atoms with E-state index in [9.17, 15) is 13.2 Å². The van der Waals surface area contributed by atoms with E-state index < -0.39 is 21.7 Å². The summed E-state index contributed by atoms with van der Waals surface area (Å²) in [6, 6.07) is 0. The first-order valence-corrected chi connectivity index (χ1v) is 7.86. The molecular weight excluding hydrogens is 256 g/mol. The van der Waals surface area contributed by atoms with Crippen LogP contribution in [-0.4, -0.2) is 46.4 Å². The number of sulfonamides is 1. The highest BCUT2D eigenvalue weighted by atomic mass is 32.2. The van der Waals surface area contributed by atoms with E-state index in [1.54, 1.807) is 6.92 Å². The maximum atomic E-state index is 11.7. The van der Waals surface area contributed by atoms with Crippen molar-refractivity contribution in [3.05, 3.63) is 0 Å². The van der Waals surface area contributed by atoms with Gasteiger partial charge in [0.15, 0.2) is 5.75 Å². The van der Waals surface area contributed by atoms with E-state index in [0.29, 0.717) is 6.54 Å². The summed E-state index contributed by atoms with van der Waals surface area (Å²) in [5.41, 5.74) is -0.0347. The summed E-state index contributed by atoms with van der Waals surface area (Å²) in [7, 11) is -3.59. The molecule has 1 saturated heterocycles. The largest absolute Gasteiger partial charge is 0.465 e. The molecule has 0 atom stereocenters. The first kappa shape index (κ1) is 15.4. The van der Waals surface area contributed by atoms with Crippen molar-refractivity contribution >= 4 is 16.0 Å². The van der Waals surface area contributed by atoms with Crippen molar-refractivity contribution in [2.75, 3.05) is 32.0 Å². The van der Waals surface area contributed by atoms with Crippen LogP contribution in [0.3, 0.4) is 0 Å². The Morgan fingerprint density at radius 2 is 2.00 bits per heavy atom. The van der Waals surface area contributed by atoms with Crippen LogP contribution in [0.5, 0.6) is 0 Å². The maximum Gasteiger partial charge on any atom is 0.322 e. The average Bonchev–Trinajstić information content (AvgIpc) is 2.27. The third-order valence-electron chi connectivity index (χ3n) is 3.14. The first-order valence-electron chi connectivity index (χ1n) is 6.21. The van der Waals surface area contributed by atoms with Crippen molar-refractivity contribution in [1.29, 1.82) is 0 Å². The molecule has 2 N–H and O–H groups in total. The van der Waals surface area contributed by atoms with Crippen LogP contribution >= 0.6 is 0 Å². The Morgan fingerprint density at radius 3 is 2.56 bits per heavy atom. The SMILES string of the molecule is CCOC(=O)CS(=O)(=O)NCC1(C)CCNCC1. The fourth-order valence-electron chi connectivity index (χ4n) is 1.90. The van der Waals surface area contributed by atoms with Gasteiger partial charge in [-0.2, -0.15) is 0 Å². The Kier molecular flexibility index (Phi) is 5.55. The van der Waals surface area contributed by atoms with Crippen LogP contribution in [0.25, 0.3) is 0 Å². The fraction of sp³-hybridized carbons (Fsp3) is 0.909. The van der Waals surface area contributed by atoms with E-state index >= 15 is 0 Å². The standard InChI is InChI=1S/C11H22N2O4S/c1-3-17-10(14)8-18(15,16)13-9-11(2)4-6-12-7-5-11/h12-13H,3-9H2,1-2H3. The van der Waals surface area contributed by atoms with Crippen LogP contribution in [0.2, 0.25) is 0 Å². The zero-order valence-corrected chi connectivity index (χ0v) is 11.8. The molecule has 0 aliphatic carbocycles. The van der Waals surface area contributed by atoms with E-state index in [-0.39, 0.29) is 12.0 Å². The van der Waals surface area contributed by atoms with E-state index in [4.69, 9.17) is 0 Å². The van der Waals surface area contributed by atoms with E-state index in [0.717, 1.165) is 25.9 Å². The summed E-state index contributed by atoms with van der Waals surface area (Å²) >= 11 is 0. The van der Waals surface area contributed by atoms with Gasteiger partial charge in [-0.15, -0.1) is 0 Å². The van der Waals surface area contributed by atoms with Gasteiger partial charge in [-0.1, -0.05) is 6.92 Å². The minimum Gasteiger partial charge on any atom is -0.465 e. The van der Waals surface area contributed by atoms with Gasteiger partial charge in [0.2, 0.25) is 10.0 Å². The first-order chi connectivity index (χ1) is 8.37. The second-order valence-corrected chi connectivity index (χ2v) is 6.75. The molecule has 106 valence electrons. The van der Waals surface area contributed by atoms with Crippen molar-refractivity contribution in [2.24, 2.45) is 5.41 Å².